The van der Waals surface area contributed by atoms with E-state index in [2.05, 4.69) is 31.2 Å². The Balaban J connectivity index is 1.94. The molecule has 84 valence electrons. The van der Waals surface area contributed by atoms with Gasteiger partial charge in [0.15, 0.2) is 0 Å². The van der Waals surface area contributed by atoms with Gasteiger partial charge in [-0.25, -0.2) is 9.97 Å². The fourth-order valence-corrected chi connectivity index (χ4v) is 1.47. The summed E-state index contributed by atoms with van der Waals surface area (Å²) in [6, 6.07) is 3.83. The second-order valence-electron chi connectivity index (χ2n) is 3.29. The van der Waals surface area contributed by atoms with E-state index in [1.54, 1.807) is 12.4 Å². The van der Waals surface area contributed by atoms with Crippen LogP contribution in [0.15, 0.2) is 33.4 Å². The van der Waals surface area contributed by atoms with E-state index in [4.69, 9.17) is 4.42 Å². The summed E-state index contributed by atoms with van der Waals surface area (Å²) in [5.74, 6) is 2.39. The predicted molar refractivity (Wildman–Crippen MR) is 65.1 cm³/mol. The van der Waals surface area contributed by atoms with Gasteiger partial charge in [-0.1, -0.05) is 6.92 Å². The minimum Gasteiger partial charge on any atom is -0.444 e. The van der Waals surface area contributed by atoms with Crippen LogP contribution in [0.2, 0.25) is 0 Å². The van der Waals surface area contributed by atoms with Crippen LogP contribution in [0.4, 0.5) is 5.82 Å². The van der Waals surface area contributed by atoms with Crippen molar-refractivity contribution < 1.29 is 4.42 Å². The summed E-state index contributed by atoms with van der Waals surface area (Å²) in [6.07, 6.45) is 4.37. The molecule has 2 aromatic heterocycles. The van der Waals surface area contributed by atoms with E-state index in [0.29, 0.717) is 12.4 Å². The van der Waals surface area contributed by atoms with Gasteiger partial charge in [0.05, 0.1) is 12.7 Å². The topological polar surface area (TPSA) is 51.0 Å². The number of oxazole rings is 1. The Morgan fingerprint density at radius 2 is 2.19 bits per heavy atom. The number of aryl methyl sites for hydroxylation is 1. The molecule has 0 amide bonds. The van der Waals surface area contributed by atoms with E-state index in [0.717, 1.165) is 22.5 Å². The van der Waals surface area contributed by atoms with Gasteiger partial charge in [-0.05, 0) is 28.1 Å². The first kappa shape index (κ1) is 11.1. The number of hydrogen-bond donors (Lipinski definition) is 1. The first-order chi connectivity index (χ1) is 7.78. The Labute approximate surface area is 102 Å². The minimum absolute atomic E-state index is 0.550. The molecule has 0 spiro atoms. The lowest BCUT2D eigenvalue weighted by molar-refractivity contribution is 0.465. The van der Waals surface area contributed by atoms with Crippen molar-refractivity contribution in [3.05, 3.63) is 40.7 Å². The van der Waals surface area contributed by atoms with Crippen LogP contribution < -0.4 is 5.32 Å². The Morgan fingerprint density at radius 1 is 1.31 bits per heavy atom. The van der Waals surface area contributed by atoms with Crippen molar-refractivity contribution in [2.75, 3.05) is 5.32 Å². The summed E-state index contributed by atoms with van der Waals surface area (Å²) in [5.41, 5.74) is 0. The lowest BCUT2D eigenvalue weighted by Gasteiger charge is -2.01. The second kappa shape index (κ2) is 5.12. The number of pyridine rings is 1. The Kier molecular flexibility index (Phi) is 3.56. The van der Waals surface area contributed by atoms with Gasteiger partial charge in [-0.3, -0.25) is 0 Å². The van der Waals surface area contributed by atoms with Crippen molar-refractivity contribution in [2.45, 2.75) is 19.9 Å². The number of hydrogen-bond acceptors (Lipinski definition) is 4. The highest BCUT2D eigenvalue weighted by atomic mass is 79.9. The van der Waals surface area contributed by atoms with Gasteiger partial charge in [0.2, 0.25) is 5.89 Å². The van der Waals surface area contributed by atoms with E-state index in [-0.39, 0.29) is 0 Å². The van der Waals surface area contributed by atoms with Gasteiger partial charge >= 0.3 is 0 Å². The largest absolute Gasteiger partial charge is 0.444 e. The van der Waals surface area contributed by atoms with Gasteiger partial charge < -0.3 is 9.73 Å². The Bertz CT molecular complexity index is 453. The average Bonchev–Trinajstić information content (AvgIpc) is 2.76. The van der Waals surface area contributed by atoms with E-state index in [1.807, 2.05) is 19.1 Å². The van der Waals surface area contributed by atoms with Crippen LogP contribution in [0.1, 0.15) is 18.6 Å². The Hall–Kier alpha value is -1.36. The summed E-state index contributed by atoms with van der Waals surface area (Å²) >= 11 is 3.33. The van der Waals surface area contributed by atoms with E-state index in [1.165, 1.54) is 0 Å². The molecule has 0 aliphatic heterocycles. The third-order valence-electron chi connectivity index (χ3n) is 2.10. The molecule has 0 aliphatic rings. The van der Waals surface area contributed by atoms with Gasteiger partial charge in [0.1, 0.15) is 11.6 Å². The van der Waals surface area contributed by atoms with Crippen molar-refractivity contribution >= 4 is 21.7 Å². The summed E-state index contributed by atoms with van der Waals surface area (Å²) < 4.78 is 6.43. The molecular formula is C11H12BrN3O. The lowest BCUT2D eigenvalue weighted by Crippen LogP contribution is -2.00. The highest BCUT2D eigenvalue weighted by molar-refractivity contribution is 9.10. The van der Waals surface area contributed by atoms with E-state index >= 15 is 0 Å². The maximum atomic E-state index is 5.47. The van der Waals surface area contributed by atoms with E-state index in [9.17, 15) is 0 Å². The van der Waals surface area contributed by atoms with Gasteiger partial charge in [-0.2, -0.15) is 0 Å². The molecule has 0 atom stereocenters. The van der Waals surface area contributed by atoms with Crippen LogP contribution in [0.25, 0.3) is 0 Å². The fraction of sp³-hybridized carbons (Fsp3) is 0.273. The highest BCUT2D eigenvalue weighted by Gasteiger charge is 2.02. The summed E-state index contributed by atoms with van der Waals surface area (Å²) in [7, 11) is 0. The third kappa shape index (κ3) is 2.82. The zero-order valence-electron chi connectivity index (χ0n) is 8.90. The number of nitrogens with one attached hydrogen (secondary N) is 1. The molecule has 0 bridgehead atoms. The molecule has 2 aromatic rings. The Morgan fingerprint density at radius 3 is 2.81 bits per heavy atom. The van der Waals surface area contributed by atoms with Crippen LogP contribution in [0.3, 0.4) is 0 Å². The van der Waals surface area contributed by atoms with Crippen molar-refractivity contribution in [1.29, 1.82) is 0 Å². The third-order valence-corrected chi connectivity index (χ3v) is 2.57. The van der Waals surface area contributed by atoms with E-state index < -0.39 is 0 Å². The smallest absolute Gasteiger partial charge is 0.213 e. The quantitative estimate of drug-likeness (QED) is 0.936. The first-order valence-electron chi connectivity index (χ1n) is 5.07. The molecule has 0 aliphatic carbocycles. The average molecular weight is 282 g/mol. The molecule has 0 radical (unpaired) electrons. The number of aromatic nitrogens is 2. The minimum atomic E-state index is 0.550. The highest BCUT2D eigenvalue weighted by Crippen LogP contribution is 2.11. The molecule has 2 heterocycles. The maximum Gasteiger partial charge on any atom is 0.213 e. The van der Waals surface area contributed by atoms with Crippen LogP contribution in [0, 0.1) is 0 Å². The van der Waals surface area contributed by atoms with Crippen molar-refractivity contribution in [1.82, 2.24) is 9.97 Å². The molecule has 0 aromatic carbocycles. The van der Waals surface area contributed by atoms with Crippen LogP contribution in [0.5, 0.6) is 0 Å². The fourth-order valence-electron chi connectivity index (χ4n) is 1.24. The first-order valence-corrected chi connectivity index (χ1v) is 5.86. The monoisotopic (exact) mass is 281 g/mol. The number of rotatable bonds is 4. The van der Waals surface area contributed by atoms with Crippen LogP contribution >= 0.6 is 15.9 Å². The number of halogens is 1. The SMILES string of the molecule is CCc1cnc(CNc2ccc(Br)cn2)o1. The van der Waals surface area contributed by atoms with Crippen molar-refractivity contribution in [3.8, 4) is 0 Å². The molecule has 4 nitrogen and oxygen atoms in total. The zero-order valence-corrected chi connectivity index (χ0v) is 10.5. The molecule has 0 saturated carbocycles. The van der Waals surface area contributed by atoms with Gasteiger partial charge in [0.25, 0.3) is 0 Å². The second-order valence-corrected chi connectivity index (χ2v) is 4.20. The van der Waals surface area contributed by atoms with Crippen LogP contribution in [-0.2, 0) is 13.0 Å². The predicted octanol–water partition coefficient (Wildman–Crippen LogP) is 3.01. The van der Waals surface area contributed by atoms with Crippen molar-refractivity contribution in [2.24, 2.45) is 0 Å². The molecule has 5 heteroatoms. The molecule has 2 rings (SSSR count). The van der Waals surface area contributed by atoms with Crippen LogP contribution in [-0.4, -0.2) is 9.97 Å². The normalized spacial score (nSPS) is 10.4. The zero-order chi connectivity index (χ0) is 11.4. The molecule has 0 fully saturated rings. The molecule has 16 heavy (non-hydrogen) atoms. The summed E-state index contributed by atoms with van der Waals surface area (Å²) in [4.78, 5) is 8.35. The maximum absolute atomic E-state index is 5.47. The van der Waals surface area contributed by atoms with Gasteiger partial charge in [-0.15, -0.1) is 0 Å². The lowest BCUT2D eigenvalue weighted by atomic mass is 10.4. The summed E-state index contributed by atoms with van der Waals surface area (Å²) in [5, 5.41) is 3.14. The molecule has 0 unspecified atom stereocenters. The molecule has 1 N–H and O–H groups in total. The van der Waals surface area contributed by atoms with Crippen molar-refractivity contribution in [3.63, 3.8) is 0 Å². The molecular weight excluding hydrogens is 270 g/mol. The number of anilines is 1. The summed E-state index contributed by atoms with van der Waals surface area (Å²) in [6.45, 7) is 2.59. The number of nitrogens with zero attached hydrogens (tertiary/aromatic N) is 2. The molecule has 0 saturated heterocycles. The van der Waals surface area contributed by atoms with Gasteiger partial charge in [0, 0.05) is 17.1 Å². The standard InChI is InChI=1S/C11H12BrN3O/c1-2-9-6-15-11(16-9)7-14-10-4-3-8(12)5-13-10/h3-6H,2,7H2,1H3,(H,13,14).